The Morgan fingerprint density at radius 2 is 1.85 bits per heavy atom. The molecule has 1 amide bonds. The molecule has 0 aliphatic rings. The summed E-state index contributed by atoms with van der Waals surface area (Å²) in [7, 11) is 0. The number of halogens is 1. The van der Waals surface area contributed by atoms with Gasteiger partial charge in [0.15, 0.2) is 0 Å². The van der Waals surface area contributed by atoms with Gasteiger partial charge in [-0.1, -0.05) is 6.07 Å². The Morgan fingerprint density at radius 3 is 2.63 bits per heavy atom. The third kappa shape index (κ3) is 3.64. The van der Waals surface area contributed by atoms with E-state index in [1.807, 2.05) is 30.3 Å². The summed E-state index contributed by atoms with van der Waals surface area (Å²) in [4.78, 5) is 25.6. The molecule has 5 nitrogen and oxygen atoms in total. The number of hydrogen-bond donors (Lipinski definition) is 1. The second-order valence-corrected chi connectivity index (χ2v) is 5.96. The monoisotopic (exact) mass is 358 g/mol. The molecule has 0 fully saturated rings. The number of hydrogen-bond acceptors (Lipinski definition) is 4. The number of fused-ring (bicyclic) bond motifs is 1. The van der Waals surface area contributed by atoms with Crippen LogP contribution in [-0.4, -0.2) is 20.9 Å². The van der Waals surface area contributed by atoms with Crippen molar-refractivity contribution < 1.29 is 9.18 Å². The molecule has 0 spiro atoms. The summed E-state index contributed by atoms with van der Waals surface area (Å²) in [5, 5.41) is 3.31. The minimum atomic E-state index is -0.417. The Kier molecular flexibility index (Phi) is 4.53. The van der Waals surface area contributed by atoms with Gasteiger partial charge in [-0.05, 0) is 48.5 Å². The van der Waals surface area contributed by atoms with Gasteiger partial charge in [0.1, 0.15) is 5.82 Å². The molecule has 0 atom stereocenters. The summed E-state index contributed by atoms with van der Waals surface area (Å²) < 4.78 is 13.8. The maximum absolute atomic E-state index is 13.8. The van der Waals surface area contributed by atoms with Crippen molar-refractivity contribution in [2.75, 3.05) is 0 Å². The number of nitrogens with one attached hydrogen (secondary N) is 1. The summed E-state index contributed by atoms with van der Waals surface area (Å²) >= 11 is 0. The van der Waals surface area contributed by atoms with Gasteiger partial charge in [-0.2, -0.15) is 0 Å². The Balaban J connectivity index is 1.75. The lowest BCUT2D eigenvalue weighted by Gasteiger charge is -2.11. The maximum Gasteiger partial charge on any atom is 0.252 e. The summed E-state index contributed by atoms with van der Waals surface area (Å²) in [5.74, 6) is -0.728. The summed E-state index contributed by atoms with van der Waals surface area (Å²) in [6.45, 7) is 0.281. The number of aromatic nitrogens is 3. The topological polar surface area (TPSA) is 67.8 Å². The number of carbonyl (C=O) groups is 1. The van der Waals surface area contributed by atoms with Crippen molar-refractivity contribution >= 4 is 16.8 Å². The van der Waals surface area contributed by atoms with Crippen LogP contribution in [-0.2, 0) is 6.54 Å². The van der Waals surface area contributed by atoms with E-state index in [-0.39, 0.29) is 12.5 Å². The molecule has 4 aromatic rings. The molecule has 6 heteroatoms. The number of amides is 1. The minimum Gasteiger partial charge on any atom is -0.346 e. The molecule has 3 heterocycles. The number of carbonyl (C=O) groups excluding carboxylic acids is 1. The quantitative estimate of drug-likeness (QED) is 0.603. The highest BCUT2D eigenvalue weighted by Gasteiger charge is 2.15. The van der Waals surface area contributed by atoms with Crippen LogP contribution in [0.2, 0.25) is 0 Å². The van der Waals surface area contributed by atoms with E-state index in [9.17, 15) is 9.18 Å². The number of pyridine rings is 3. The molecular formula is C21H15FN4O. The summed E-state index contributed by atoms with van der Waals surface area (Å²) in [6.07, 6.45) is 4.99. The summed E-state index contributed by atoms with van der Waals surface area (Å²) in [6, 6.07) is 15.0. The van der Waals surface area contributed by atoms with Crippen molar-refractivity contribution in [3.8, 4) is 11.3 Å². The Hall–Kier alpha value is -3.67. The van der Waals surface area contributed by atoms with Gasteiger partial charge < -0.3 is 5.32 Å². The second kappa shape index (κ2) is 7.29. The van der Waals surface area contributed by atoms with E-state index >= 15 is 0 Å². The molecule has 0 aliphatic carbocycles. The zero-order chi connectivity index (χ0) is 18.6. The van der Waals surface area contributed by atoms with Crippen LogP contribution in [0, 0.1) is 5.82 Å². The van der Waals surface area contributed by atoms with E-state index in [4.69, 9.17) is 0 Å². The zero-order valence-corrected chi connectivity index (χ0v) is 14.3. The Morgan fingerprint density at radius 1 is 1.00 bits per heavy atom. The molecule has 0 saturated carbocycles. The van der Waals surface area contributed by atoms with Gasteiger partial charge in [0.2, 0.25) is 0 Å². The molecule has 4 rings (SSSR count). The van der Waals surface area contributed by atoms with Crippen LogP contribution in [0.25, 0.3) is 22.2 Å². The van der Waals surface area contributed by atoms with Gasteiger partial charge in [-0.15, -0.1) is 0 Å². The molecule has 27 heavy (non-hydrogen) atoms. The van der Waals surface area contributed by atoms with E-state index in [1.165, 1.54) is 12.1 Å². The molecule has 0 bridgehead atoms. The highest BCUT2D eigenvalue weighted by molar-refractivity contribution is 6.07. The van der Waals surface area contributed by atoms with E-state index in [1.54, 1.807) is 30.7 Å². The van der Waals surface area contributed by atoms with Crippen molar-refractivity contribution in [2.45, 2.75) is 6.54 Å². The zero-order valence-electron chi connectivity index (χ0n) is 14.3. The highest BCUT2D eigenvalue weighted by atomic mass is 19.1. The molecule has 0 unspecified atom stereocenters. The molecule has 0 aliphatic heterocycles. The van der Waals surface area contributed by atoms with Crippen LogP contribution in [0.4, 0.5) is 4.39 Å². The lowest BCUT2D eigenvalue weighted by atomic mass is 10.0. The predicted octanol–water partition coefficient (Wildman–Crippen LogP) is 3.76. The molecule has 3 aromatic heterocycles. The first-order chi connectivity index (χ1) is 13.2. The maximum atomic E-state index is 13.8. The van der Waals surface area contributed by atoms with Crippen LogP contribution >= 0.6 is 0 Å². The van der Waals surface area contributed by atoms with Crippen molar-refractivity contribution in [3.05, 3.63) is 90.3 Å². The third-order valence-electron chi connectivity index (χ3n) is 4.15. The van der Waals surface area contributed by atoms with Crippen LogP contribution in [0.5, 0.6) is 0 Å². The number of benzene rings is 1. The molecule has 1 N–H and O–H groups in total. The van der Waals surface area contributed by atoms with Gasteiger partial charge in [-0.25, -0.2) is 9.37 Å². The van der Waals surface area contributed by atoms with Gasteiger partial charge in [0.05, 0.1) is 29.0 Å². The molecule has 1 aromatic carbocycles. The van der Waals surface area contributed by atoms with Crippen LogP contribution < -0.4 is 5.32 Å². The Bertz CT molecular complexity index is 1100. The Labute approximate surface area is 154 Å². The van der Waals surface area contributed by atoms with Gasteiger partial charge in [0, 0.05) is 29.5 Å². The molecular weight excluding hydrogens is 343 g/mol. The fourth-order valence-corrected chi connectivity index (χ4v) is 2.83. The number of rotatable bonds is 4. The lowest BCUT2D eigenvalue weighted by molar-refractivity contribution is 0.0952. The molecule has 0 saturated heterocycles. The van der Waals surface area contributed by atoms with Crippen LogP contribution in [0.1, 0.15) is 16.1 Å². The fraction of sp³-hybridized carbons (Fsp3) is 0.0476. The average Bonchev–Trinajstić information content (AvgIpc) is 2.72. The van der Waals surface area contributed by atoms with Gasteiger partial charge in [0.25, 0.3) is 5.91 Å². The van der Waals surface area contributed by atoms with Crippen molar-refractivity contribution in [3.63, 3.8) is 0 Å². The van der Waals surface area contributed by atoms with E-state index in [0.717, 1.165) is 11.3 Å². The highest BCUT2D eigenvalue weighted by Crippen LogP contribution is 2.25. The fourth-order valence-electron chi connectivity index (χ4n) is 2.83. The first-order valence-electron chi connectivity index (χ1n) is 8.39. The van der Waals surface area contributed by atoms with Crippen molar-refractivity contribution in [2.24, 2.45) is 0 Å². The van der Waals surface area contributed by atoms with Crippen molar-refractivity contribution in [1.29, 1.82) is 0 Å². The largest absolute Gasteiger partial charge is 0.346 e. The normalized spacial score (nSPS) is 10.7. The first kappa shape index (κ1) is 16.8. The van der Waals surface area contributed by atoms with Crippen molar-refractivity contribution in [1.82, 2.24) is 20.3 Å². The third-order valence-corrected chi connectivity index (χ3v) is 4.15. The average molecular weight is 358 g/mol. The SMILES string of the molecule is O=C(NCc1ccccn1)c1cc(-c2ccncc2)nc2ccc(F)cc12. The van der Waals surface area contributed by atoms with Gasteiger partial charge in [-0.3, -0.25) is 14.8 Å². The van der Waals surface area contributed by atoms with Crippen LogP contribution in [0.3, 0.4) is 0 Å². The standard InChI is InChI=1S/C21H15FN4O/c22-15-4-5-19-17(11-15)18(12-20(26-19)14-6-9-23-10-7-14)21(27)25-13-16-3-1-2-8-24-16/h1-12H,13H2,(H,25,27). The molecule has 132 valence electrons. The van der Waals surface area contributed by atoms with Crippen LogP contribution in [0.15, 0.2) is 73.2 Å². The first-order valence-corrected chi connectivity index (χ1v) is 8.39. The smallest absolute Gasteiger partial charge is 0.252 e. The van der Waals surface area contributed by atoms with E-state index < -0.39 is 5.82 Å². The summed E-state index contributed by atoms with van der Waals surface area (Å²) in [5.41, 5.74) is 3.11. The predicted molar refractivity (Wildman–Crippen MR) is 100 cm³/mol. The lowest BCUT2D eigenvalue weighted by Crippen LogP contribution is -2.23. The van der Waals surface area contributed by atoms with E-state index in [0.29, 0.717) is 22.2 Å². The molecule has 0 radical (unpaired) electrons. The minimum absolute atomic E-state index is 0.281. The van der Waals surface area contributed by atoms with Gasteiger partial charge >= 0.3 is 0 Å². The van der Waals surface area contributed by atoms with E-state index in [2.05, 4.69) is 20.3 Å². The second-order valence-electron chi connectivity index (χ2n) is 5.96. The number of nitrogens with zero attached hydrogens (tertiary/aromatic N) is 3.